The van der Waals surface area contributed by atoms with Crippen LogP contribution in [0, 0.1) is 12.8 Å². The van der Waals surface area contributed by atoms with E-state index in [0.29, 0.717) is 18.8 Å². The number of hydrogen-bond donors (Lipinski definition) is 0. The van der Waals surface area contributed by atoms with Gasteiger partial charge in [-0.2, -0.15) is 8.42 Å². The third-order valence-corrected chi connectivity index (χ3v) is 5.67. The molecule has 6 heteroatoms. The van der Waals surface area contributed by atoms with E-state index in [0.717, 1.165) is 31.5 Å². The number of rotatable bonds is 6. The molecule has 0 radical (unpaired) electrons. The molecule has 1 fully saturated rings. The zero-order chi connectivity index (χ0) is 16.9. The minimum Gasteiger partial charge on any atom is -0.343 e. The van der Waals surface area contributed by atoms with E-state index >= 15 is 0 Å². The largest absolute Gasteiger partial charge is 0.343 e. The van der Waals surface area contributed by atoms with E-state index in [1.54, 1.807) is 24.3 Å². The van der Waals surface area contributed by atoms with Crippen molar-refractivity contribution < 1.29 is 17.4 Å². The van der Waals surface area contributed by atoms with Crippen LogP contribution in [-0.4, -0.2) is 38.9 Å². The van der Waals surface area contributed by atoms with Crippen LogP contribution in [0.3, 0.4) is 0 Å². The van der Waals surface area contributed by atoms with Crippen molar-refractivity contribution in [2.45, 2.75) is 44.4 Å². The Morgan fingerprint density at radius 1 is 1.22 bits per heavy atom. The summed E-state index contributed by atoms with van der Waals surface area (Å²) in [5, 5.41) is 0. The minimum atomic E-state index is -3.67. The minimum absolute atomic E-state index is 0.196. The van der Waals surface area contributed by atoms with Crippen molar-refractivity contribution in [3.05, 3.63) is 29.8 Å². The van der Waals surface area contributed by atoms with Crippen molar-refractivity contribution in [3.8, 4) is 0 Å². The molecule has 0 N–H and O–H groups in total. The second-order valence-electron chi connectivity index (χ2n) is 6.06. The number of piperidine rings is 1. The van der Waals surface area contributed by atoms with E-state index in [4.69, 9.17) is 4.18 Å². The maximum Gasteiger partial charge on any atom is 0.296 e. The quantitative estimate of drug-likeness (QED) is 0.748. The lowest BCUT2D eigenvalue weighted by Gasteiger charge is -2.31. The van der Waals surface area contributed by atoms with Crippen LogP contribution in [0.1, 0.15) is 38.2 Å². The summed E-state index contributed by atoms with van der Waals surface area (Å²) in [5.41, 5.74) is 1.01. The molecule has 1 saturated heterocycles. The Kier molecular flexibility index (Phi) is 6.18. The van der Waals surface area contributed by atoms with Gasteiger partial charge in [-0.1, -0.05) is 24.6 Å². The summed E-state index contributed by atoms with van der Waals surface area (Å²) in [6.07, 6.45) is 3.08. The first-order chi connectivity index (χ1) is 10.9. The van der Waals surface area contributed by atoms with Crippen molar-refractivity contribution >= 4 is 16.0 Å². The third kappa shape index (κ3) is 5.04. The molecule has 128 valence electrons. The Morgan fingerprint density at radius 3 is 2.39 bits per heavy atom. The van der Waals surface area contributed by atoms with Gasteiger partial charge in [-0.15, -0.1) is 0 Å². The lowest BCUT2D eigenvalue weighted by molar-refractivity contribution is -0.132. The number of aryl methyl sites for hydroxylation is 1. The molecule has 0 aliphatic carbocycles. The molecule has 1 aliphatic rings. The Bertz CT molecular complexity index is 616. The van der Waals surface area contributed by atoms with Crippen LogP contribution in [0.25, 0.3) is 0 Å². The molecular formula is C17H25NO4S. The predicted octanol–water partition coefficient (Wildman–Crippen LogP) is 2.74. The number of likely N-dealkylation sites (tertiary alicyclic amines) is 1. The van der Waals surface area contributed by atoms with Gasteiger partial charge in [0.05, 0.1) is 11.5 Å². The van der Waals surface area contributed by atoms with Crippen LogP contribution in [0.5, 0.6) is 0 Å². The Morgan fingerprint density at radius 2 is 1.83 bits per heavy atom. The number of hydrogen-bond acceptors (Lipinski definition) is 4. The highest BCUT2D eigenvalue weighted by Crippen LogP contribution is 2.22. The fourth-order valence-corrected chi connectivity index (χ4v) is 3.71. The summed E-state index contributed by atoms with van der Waals surface area (Å²) in [5.74, 6) is 0.616. The van der Waals surface area contributed by atoms with Crippen LogP contribution in [0.2, 0.25) is 0 Å². The topological polar surface area (TPSA) is 63.7 Å². The second kappa shape index (κ2) is 7.93. The lowest BCUT2D eigenvalue weighted by atomic mass is 9.94. The van der Waals surface area contributed by atoms with Crippen molar-refractivity contribution in [3.63, 3.8) is 0 Å². The average Bonchev–Trinajstić information content (AvgIpc) is 2.55. The first-order valence-corrected chi connectivity index (χ1v) is 9.57. The maximum absolute atomic E-state index is 12.1. The maximum atomic E-state index is 12.1. The van der Waals surface area contributed by atoms with E-state index < -0.39 is 10.1 Å². The fourth-order valence-electron chi connectivity index (χ4n) is 2.79. The van der Waals surface area contributed by atoms with E-state index in [-0.39, 0.29) is 17.4 Å². The zero-order valence-corrected chi connectivity index (χ0v) is 14.6. The van der Waals surface area contributed by atoms with Gasteiger partial charge in [0.2, 0.25) is 5.91 Å². The van der Waals surface area contributed by atoms with Crippen molar-refractivity contribution in [2.24, 2.45) is 5.92 Å². The summed E-state index contributed by atoms with van der Waals surface area (Å²) in [7, 11) is -3.67. The standard InChI is InChI=1S/C17H25NO4S/c1-3-17(19)18-11-8-15(9-12-18)10-13-22-23(20,21)16-6-4-14(2)5-7-16/h4-7,15H,3,8-13H2,1-2H3. The highest BCUT2D eigenvalue weighted by molar-refractivity contribution is 7.86. The van der Waals surface area contributed by atoms with Crippen LogP contribution in [0.15, 0.2) is 29.2 Å². The van der Waals surface area contributed by atoms with E-state index in [9.17, 15) is 13.2 Å². The molecule has 0 bridgehead atoms. The Hall–Kier alpha value is -1.40. The Balaban J connectivity index is 1.77. The van der Waals surface area contributed by atoms with Gasteiger partial charge >= 0.3 is 0 Å². The number of nitrogens with zero attached hydrogens (tertiary/aromatic N) is 1. The summed E-state index contributed by atoms with van der Waals surface area (Å²) in [4.78, 5) is 13.7. The van der Waals surface area contributed by atoms with Crippen molar-refractivity contribution in [2.75, 3.05) is 19.7 Å². The zero-order valence-electron chi connectivity index (χ0n) is 13.8. The SMILES string of the molecule is CCC(=O)N1CCC(CCOS(=O)(=O)c2ccc(C)cc2)CC1. The van der Waals surface area contributed by atoms with Gasteiger partial charge in [-0.25, -0.2) is 0 Å². The summed E-state index contributed by atoms with van der Waals surface area (Å²) in [6, 6.07) is 6.66. The first kappa shape index (κ1) is 17.9. The molecule has 23 heavy (non-hydrogen) atoms. The molecule has 0 aromatic heterocycles. The molecule has 1 aromatic carbocycles. The Labute approximate surface area is 138 Å². The molecule has 0 saturated carbocycles. The predicted molar refractivity (Wildman–Crippen MR) is 88.5 cm³/mol. The number of carbonyl (C=O) groups is 1. The van der Waals surface area contributed by atoms with Gasteiger partial charge in [0, 0.05) is 19.5 Å². The number of amides is 1. The number of carbonyl (C=O) groups excluding carboxylic acids is 1. The van der Waals surface area contributed by atoms with Crippen molar-refractivity contribution in [1.82, 2.24) is 4.90 Å². The second-order valence-corrected chi connectivity index (χ2v) is 7.67. The smallest absolute Gasteiger partial charge is 0.296 e. The molecular weight excluding hydrogens is 314 g/mol. The van der Waals surface area contributed by atoms with Crippen LogP contribution in [-0.2, 0) is 19.1 Å². The van der Waals surface area contributed by atoms with Gasteiger partial charge < -0.3 is 4.90 Å². The van der Waals surface area contributed by atoms with E-state index in [1.165, 1.54) is 0 Å². The molecule has 1 aliphatic heterocycles. The fraction of sp³-hybridized carbons (Fsp3) is 0.588. The summed E-state index contributed by atoms with van der Waals surface area (Å²) >= 11 is 0. The van der Waals surface area contributed by atoms with Gasteiger partial charge in [-0.05, 0) is 44.2 Å². The molecule has 5 nitrogen and oxygen atoms in total. The molecule has 1 aromatic rings. The molecule has 0 unspecified atom stereocenters. The summed E-state index contributed by atoms with van der Waals surface area (Å²) < 4.78 is 29.3. The summed E-state index contributed by atoms with van der Waals surface area (Å²) in [6.45, 7) is 5.51. The molecule has 1 heterocycles. The lowest BCUT2D eigenvalue weighted by Crippen LogP contribution is -2.38. The molecule has 0 spiro atoms. The van der Waals surface area contributed by atoms with Gasteiger partial charge in [0.1, 0.15) is 0 Å². The van der Waals surface area contributed by atoms with Crippen LogP contribution < -0.4 is 0 Å². The van der Waals surface area contributed by atoms with Gasteiger partial charge in [0.25, 0.3) is 10.1 Å². The molecule has 1 amide bonds. The van der Waals surface area contributed by atoms with E-state index in [1.807, 2.05) is 18.7 Å². The molecule has 2 rings (SSSR count). The highest BCUT2D eigenvalue weighted by Gasteiger charge is 2.22. The molecule has 0 atom stereocenters. The third-order valence-electron chi connectivity index (χ3n) is 4.34. The van der Waals surface area contributed by atoms with Gasteiger partial charge in [-0.3, -0.25) is 8.98 Å². The van der Waals surface area contributed by atoms with Gasteiger partial charge in [0.15, 0.2) is 0 Å². The highest BCUT2D eigenvalue weighted by atomic mass is 32.2. The normalized spacial score (nSPS) is 16.5. The van der Waals surface area contributed by atoms with Crippen LogP contribution in [0.4, 0.5) is 0 Å². The van der Waals surface area contributed by atoms with Crippen LogP contribution >= 0.6 is 0 Å². The first-order valence-electron chi connectivity index (χ1n) is 8.16. The number of benzene rings is 1. The van der Waals surface area contributed by atoms with E-state index in [2.05, 4.69) is 0 Å². The van der Waals surface area contributed by atoms with Crippen molar-refractivity contribution in [1.29, 1.82) is 0 Å². The average molecular weight is 339 g/mol. The monoisotopic (exact) mass is 339 g/mol.